The summed E-state index contributed by atoms with van der Waals surface area (Å²) in [5.74, 6) is -0.423. The fourth-order valence-corrected chi connectivity index (χ4v) is 3.26. The third kappa shape index (κ3) is 4.08. The van der Waals surface area contributed by atoms with Crippen LogP contribution in [0.4, 0.5) is 10.1 Å². The highest BCUT2D eigenvalue weighted by Gasteiger charge is 2.35. The van der Waals surface area contributed by atoms with Crippen LogP contribution in [0, 0.1) is 11.7 Å². The maximum absolute atomic E-state index is 13.9. The predicted molar refractivity (Wildman–Crippen MR) is 103 cm³/mol. The van der Waals surface area contributed by atoms with Gasteiger partial charge in [0.25, 0.3) is 0 Å². The molecule has 148 valence electrons. The molecule has 7 heteroatoms. The molecule has 1 aliphatic rings. The second-order valence-electron chi connectivity index (χ2n) is 6.73. The Kier molecular flexibility index (Phi) is 5.82. The maximum atomic E-state index is 13.9. The SMILES string of the molecule is COc1ccc(N2C[C@H](C(=O)N[C@@H](C)c3ccc(OC)c(F)c3)CC2=O)cc1. The first-order chi connectivity index (χ1) is 13.4. The van der Waals surface area contributed by atoms with Crippen molar-refractivity contribution in [1.29, 1.82) is 0 Å². The number of ether oxygens (including phenoxy) is 2. The molecule has 2 aromatic carbocycles. The van der Waals surface area contributed by atoms with E-state index >= 15 is 0 Å². The van der Waals surface area contributed by atoms with E-state index in [2.05, 4.69) is 5.32 Å². The third-order valence-electron chi connectivity index (χ3n) is 4.91. The summed E-state index contributed by atoms with van der Waals surface area (Å²) in [6, 6.07) is 11.3. The molecule has 2 aromatic rings. The zero-order valence-electron chi connectivity index (χ0n) is 16.1. The van der Waals surface area contributed by atoms with Crippen molar-refractivity contribution < 1.29 is 23.5 Å². The Hall–Kier alpha value is -3.09. The second-order valence-corrected chi connectivity index (χ2v) is 6.73. The van der Waals surface area contributed by atoms with Crippen molar-refractivity contribution in [3.05, 3.63) is 53.8 Å². The molecule has 0 bridgehead atoms. The van der Waals surface area contributed by atoms with Crippen molar-refractivity contribution in [1.82, 2.24) is 5.32 Å². The minimum atomic E-state index is -0.483. The van der Waals surface area contributed by atoms with E-state index in [0.29, 0.717) is 17.9 Å². The molecule has 0 unspecified atom stereocenters. The summed E-state index contributed by atoms with van der Waals surface area (Å²) in [6.07, 6.45) is 0.140. The average Bonchev–Trinajstić information content (AvgIpc) is 3.09. The summed E-state index contributed by atoms with van der Waals surface area (Å²) < 4.78 is 23.9. The molecule has 1 N–H and O–H groups in total. The van der Waals surface area contributed by atoms with Gasteiger partial charge in [-0.05, 0) is 48.9 Å². The lowest BCUT2D eigenvalue weighted by atomic mass is 10.0. The van der Waals surface area contributed by atoms with Gasteiger partial charge in [-0.2, -0.15) is 0 Å². The van der Waals surface area contributed by atoms with Gasteiger partial charge in [-0.3, -0.25) is 9.59 Å². The largest absolute Gasteiger partial charge is 0.497 e. The van der Waals surface area contributed by atoms with Crippen LogP contribution in [-0.4, -0.2) is 32.6 Å². The van der Waals surface area contributed by atoms with Crippen LogP contribution in [0.5, 0.6) is 11.5 Å². The van der Waals surface area contributed by atoms with E-state index in [4.69, 9.17) is 9.47 Å². The molecule has 0 saturated carbocycles. The number of hydrogen-bond acceptors (Lipinski definition) is 4. The topological polar surface area (TPSA) is 67.9 Å². The molecule has 1 fully saturated rings. The van der Waals surface area contributed by atoms with Gasteiger partial charge in [-0.15, -0.1) is 0 Å². The van der Waals surface area contributed by atoms with E-state index in [-0.39, 0.29) is 24.0 Å². The van der Waals surface area contributed by atoms with E-state index < -0.39 is 17.8 Å². The molecule has 1 aliphatic heterocycles. The van der Waals surface area contributed by atoms with Crippen molar-refractivity contribution in [3.8, 4) is 11.5 Å². The number of nitrogens with zero attached hydrogens (tertiary/aromatic N) is 1. The fraction of sp³-hybridized carbons (Fsp3) is 0.333. The van der Waals surface area contributed by atoms with Crippen LogP contribution < -0.4 is 19.7 Å². The summed E-state index contributed by atoms with van der Waals surface area (Å²) in [6.45, 7) is 2.08. The minimum absolute atomic E-state index is 0.103. The second kappa shape index (κ2) is 8.29. The van der Waals surface area contributed by atoms with Gasteiger partial charge in [0.2, 0.25) is 11.8 Å². The number of benzene rings is 2. The molecular weight excluding hydrogens is 363 g/mol. The molecule has 6 nitrogen and oxygen atoms in total. The summed E-state index contributed by atoms with van der Waals surface area (Å²) >= 11 is 0. The Bertz CT molecular complexity index is 869. The van der Waals surface area contributed by atoms with Gasteiger partial charge >= 0.3 is 0 Å². The molecule has 0 radical (unpaired) electrons. The molecule has 0 aromatic heterocycles. The first-order valence-corrected chi connectivity index (χ1v) is 9.01. The van der Waals surface area contributed by atoms with Crippen molar-refractivity contribution >= 4 is 17.5 Å². The van der Waals surface area contributed by atoms with Gasteiger partial charge in [0, 0.05) is 18.7 Å². The number of anilines is 1. The van der Waals surface area contributed by atoms with Gasteiger partial charge < -0.3 is 19.7 Å². The lowest BCUT2D eigenvalue weighted by molar-refractivity contribution is -0.126. The normalized spacial score (nSPS) is 17.4. The zero-order chi connectivity index (χ0) is 20.3. The van der Waals surface area contributed by atoms with E-state index in [1.165, 1.54) is 19.2 Å². The Morgan fingerprint density at radius 3 is 2.50 bits per heavy atom. The standard InChI is InChI=1S/C21H23FN2O4/c1-13(14-4-9-19(28-3)18(22)10-14)23-21(26)15-11-20(25)24(12-15)16-5-7-17(27-2)8-6-16/h4-10,13,15H,11-12H2,1-3H3,(H,23,26)/t13-,15+/m0/s1. The first kappa shape index (κ1) is 19.7. The van der Waals surface area contributed by atoms with Gasteiger partial charge in [0.15, 0.2) is 11.6 Å². The monoisotopic (exact) mass is 386 g/mol. The number of nitrogens with one attached hydrogen (secondary N) is 1. The number of methoxy groups -OCH3 is 2. The van der Waals surface area contributed by atoms with E-state index in [9.17, 15) is 14.0 Å². The number of halogens is 1. The summed E-state index contributed by atoms with van der Waals surface area (Å²) in [4.78, 5) is 26.6. The van der Waals surface area contributed by atoms with Crippen molar-refractivity contribution in [2.24, 2.45) is 5.92 Å². The summed E-state index contributed by atoms with van der Waals surface area (Å²) in [7, 11) is 2.97. The molecule has 0 spiro atoms. The minimum Gasteiger partial charge on any atom is -0.497 e. The van der Waals surface area contributed by atoms with Crippen LogP contribution in [0.25, 0.3) is 0 Å². The van der Waals surface area contributed by atoms with Crippen LogP contribution in [-0.2, 0) is 9.59 Å². The molecular formula is C21H23FN2O4. The summed E-state index contributed by atoms with van der Waals surface area (Å²) in [5.41, 5.74) is 1.36. The average molecular weight is 386 g/mol. The molecule has 1 saturated heterocycles. The van der Waals surface area contributed by atoms with Crippen molar-refractivity contribution in [2.75, 3.05) is 25.7 Å². The Morgan fingerprint density at radius 1 is 1.18 bits per heavy atom. The highest BCUT2D eigenvalue weighted by molar-refractivity contribution is 6.00. The molecule has 2 amide bonds. The molecule has 28 heavy (non-hydrogen) atoms. The van der Waals surface area contributed by atoms with Crippen LogP contribution >= 0.6 is 0 Å². The number of hydrogen-bond donors (Lipinski definition) is 1. The van der Waals surface area contributed by atoms with E-state index in [0.717, 1.165) is 5.69 Å². The van der Waals surface area contributed by atoms with Gasteiger partial charge in [0.1, 0.15) is 5.75 Å². The van der Waals surface area contributed by atoms with Crippen molar-refractivity contribution in [2.45, 2.75) is 19.4 Å². The first-order valence-electron chi connectivity index (χ1n) is 9.01. The molecule has 0 aliphatic carbocycles. The quantitative estimate of drug-likeness (QED) is 0.829. The Balaban J connectivity index is 1.64. The summed E-state index contributed by atoms with van der Waals surface area (Å²) in [5, 5.41) is 2.87. The molecule has 1 heterocycles. The molecule has 2 atom stereocenters. The van der Waals surface area contributed by atoms with Gasteiger partial charge in [-0.1, -0.05) is 6.07 Å². The number of carbonyl (C=O) groups excluding carboxylic acids is 2. The van der Waals surface area contributed by atoms with Crippen LogP contribution in [0.1, 0.15) is 24.9 Å². The van der Waals surface area contributed by atoms with Gasteiger partial charge in [-0.25, -0.2) is 4.39 Å². The number of amides is 2. The number of carbonyl (C=O) groups is 2. The van der Waals surface area contributed by atoms with Crippen LogP contribution in [0.15, 0.2) is 42.5 Å². The number of rotatable bonds is 6. The van der Waals surface area contributed by atoms with E-state index in [1.807, 2.05) is 0 Å². The smallest absolute Gasteiger partial charge is 0.227 e. The lowest BCUT2D eigenvalue weighted by Gasteiger charge is -2.19. The third-order valence-corrected chi connectivity index (χ3v) is 4.91. The van der Waals surface area contributed by atoms with Gasteiger partial charge in [0.05, 0.1) is 26.2 Å². The Labute approximate surface area is 163 Å². The lowest BCUT2D eigenvalue weighted by Crippen LogP contribution is -2.34. The molecule has 3 rings (SSSR count). The van der Waals surface area contributed by atoms with E-state index in [1.54, 1.807) is 49.3 Å². The predicted octanol–water partition coefficient (Wildman–Crippen LogP) is 3.07. The van der Waals surface area contributed by atoms with Crippen LogP contribution in [0.2, 0.25) is 0 Å². The zero-order valence-corrected chi connectivity index (χ0v) is 16.1. The maximum Gasteiger partial charge on any atom is 0.227 e. The highest BCUT2D eigenvalue weighted by Crippen LogP contribution is 2.28. The highest BCUT2D eigenvalue weighted by atomic mass is 19.1. The Morgan fingerprint density at radius 2 is 1.89 bits per heavy atom. The fourth-order valence-electron chi connectivity index (χ4n) is 3.26. The van der Waals surface area contributed by atoms with Crippen molar-refractivity contribution in [3.63, 3.8) is 0 Å². The van der Waals surface area contributed by atoms with Crippen LogP contribution in [0.3, 0.4) is 0 Å².